The summed E-state index contributed by atoms with van der Waals surface area (Å²) < 4.78 is 10.8. The Labute approximate surface area is 93.6 Å². The summed E-state index contributed by atoms with van der Waals surface area (Å²) in [5, 5.41) is 0. The molecule has 88 valence electrons. The normalized spacial score (nSPS) is 13.7. The first-order valence-corrected chi connectivity index (χ1v) is 8.51. The van der Waals surface area contributed by atoms with E-state index in [0.29, 0.717) is 5.76 Å². The SMILES string of the molecule is CC(=CC(=O)OC(C)(C)C)O[Si](C)(C)C. The highest BCUT2D eigenvalue weighted by Crippen LogP contribution is 2.12. The largest absolute Gasteiger partial charge is 0.547 e. The molecule has 0 aromatic rings. The predicted octanol–water partition coefficient (Wildman–Crippen LogP) is 3.08. The van der Waals surface area contributed by atoms with Crippen molar-refractivity contribution in [3.63, 3.8) is 0 Å². The minimum atomic E-state index is -1.62. The molecule has 0 aromatic carbocycles. The van der Waals surface area contributed by atoms with Gasteiger partial charge in [0.1, 0.15) is 5.60 Å². The van der Waals surface area contributed by atoms with Gasteiger partial charge in [-0.1, -0.05) is 0 Å². The van der Waals surface area contributed by atoms with Crippen LogP contribution in [0.4, 0.5) is 0 Å². The van der Waals surface area contributed by atoms with Crippen LogP contribution in [-0.4, -0.2) is 19.9 Å². The summed E-state index contributed by atoms with van der Waals surface area (Å²) in [6.45, 7) is 13.5. The number of carbonyl (C=O) groups excluding carboxylic acids is 1. The van der Waals surface area contributed by atoms with Crippen molar-refractivity contribution in [2.45, 2.75) is 52.9 Å². The average molecular weight is 230 g/mol. The number of rotatable bonds is 3. The van der Waals surface area contributed by atoms with Crippen LogP contribution >= 0.6 is 0 Å². The topological polar surface area (TPSA) is 35.5 Å². The lowest BCUT2D eigenvalue weighted by atomic mass is 10.2. The molecule has 0 radical (unpaired) electrons. The third-order valence-electron chi connectivity index (χ3n) is 1.20. The van der Waals surface area contributed by atoms with Gasteiger partial charge in [0, 0.05) is 0 Å². The first kappa shape index (κ1) is 14.2. The molecule has 0 N–H and O–H groups in total. The van der Waals surface area contributed by atoms with Crippen molar-refractivity contribution in [2.24, 2.45) is 0 Å². The average Bonchev–Trinajstić information content (AvgIpc) is 1.73. The third kappa shape index (κ3) is 9.53. The van der Waals surface area contributed by atoms with Gasteiger partial charge in [-0.05, 0) is 47.3 Å². The van der Waals surface area contributed by atoms with E-state index in [-0.39, 0.29) is 5.97 Å². The summed E-state index contributed by atoms with van der Waals surface area (Å²) in [7, 11) is -1.62. The molecule has 0 bridgehead atoms. The number of carbonyl (C=O) groups is 1. The fraction of sp³-hybridized carbons (Fsp3) is 0.727. The Morgan fingerprint density at radius 1 is 1.20 bits per heavy atom. The molecule has 0 rings (SSSR count). The summed E-state index contributed by atoms with van der Waals surface area (Å²) in [5.74, 6) is 0.279. The van der Waals surface area contributed by atoms with Gasteiger partial charge in [0.2, 0.25) is 8.32 Å². The lowest BCUT2D eigenvalue weighted by molar-refractivity contribution is -0.148. The van der Waals surface area contributed by atoms with E-state index in [2.05, 4.69) is 19.6 Å². The molecule has 0 aliphatic carbocycles. The van der Waals surface area contributed by atoms with Crippen LogP contribution in [0.1, 0.15) is 27.7 Å². The molecule has 0 aromatic heterocycles. The molecule has 0 aliphatic rings. The Morgan fingerprint density at radius 2 is 1.67 bits per heavy atom. The van der Waals surface area contributed by atoms with E-state index in [1.165, 1.54) is 6.08 Å². The fourth-order valence-corrected chi connectivity index (χ4v) is 2.03. The lowest BCUT2D eigenvalue weighted by Gasteiger charge is -2.21. The number of ether oxygens (including phenoxy) is 1. The molecule has 0 saturated heterocycles. The Hall–Kier alpha value is -0.773. The van der Waals surface area contributed by atoms with E-state index in [1.54, 1.807) is 6.92 Å². The third-order valence-corrected chi connectivity index (χ3v) is 2.13. The first-order valence-electron chi connectivity index (χ1n) is 5.10. The van der Waals surface area contributed by atoms with Crippen LogP contribution < -0.4 is 0 Å². The van der Waals surface area contributed by atoms with Crippen LogP contribution in [0, 0.1) is 0 Å². The number of hydrogen-bond donors (Lipinski definition) is 0. The standard InChI is InChI=1S/C11H22O3Si/c1-9(14-15(5,6)7)8-10(12)13-11(2,3)4/h8H,1-7H3. The lowest BCUT2D eigenvalue weighted by Crippen LogP contribution is -2.26. The van der Waals surface area contributed by atoms with E-state index in [1.807, 2.05) is 20.8 Å². The molecule has 15 heavy (non-hydrogen) atoms. The molecular weight excluding hydrogens is 208 g/mol. The molecule has 0 spiro atoms. The zero-order valence-corrected chi connectivity index (χ0v) is 11.8. The van der Waals surface area contributed by atoms with E-state index < -0.39 is 13.9 Å². The highest BCUT2D eigenvalue weighted by Gasteiger charge is 2.18. The number of esters is 1. The van der Waals surface area contributed by atoms with Crippen LogP contribution in [0.3, 0.4) is 0 Å². The molecule has 0 saturated carbocycles. The maximum Gasteiger partial charge on any atom is 0.334 e. The molecule has 0 aliphatic heterocycles. The highest BCUT2D eigenvalue weighted by molar-refractivity contribution is 6.70. The van der Waals surface area contributed by atoms with Crippen molar-refractivity contribution in [1.82, 2.24) is 0 Å². The second-order valence-electron chi connectivity index (χ2n) is 5.50. The van der Waals surface area contributed by atoms with Gasteiger partial charge < -0.3 is 9.16 Å². The van der Waals surface area contributed by atoms with Gasteiger partial charge in [0.05, 0.1) is 11.8 Å². The first-order chi connectivity index (χ1) is 6.49. The highest BCUT2D eigenvalue weighted by atomic mass is 28.4. The Kier molecular flexibility index (Phi) is 4.58. The number of hydrogen-bond acceptors (Lipinski definition) is 3. The van der Waals surface area contributed by atoms with Crippen molar-refractivity contribution in [2.75, 3.05) is 0 Å². The zero-order chi connectivity index (χ0) is 12.3. The smallest absolute Gasteiger partial charge is 0.334 e. The quantitative estimate of drug-likeness (QED) is 0.323. The van der Waals surface area contributed by atoms with Crippen molar-refractivity contribution in [3.8, 4) is 0 Å². The second kappa shape index (κ2) is 4.83. The zero-order valence-electron chi connectivity index (χ0n) is 10.8. The Balaban J connectivity index is 4.31. The molecule has 0 fully saturated rings. The molecule has 0 unspecified atom stereocenters. The molecule has 4 heteroatoms. The summed E-state index contributed by atoms with van der Waals surface area (Å²) in [6.07, 6.45) is 1.41. The maximum absolute atomic E-state index is 11.4. The maximum atomic E-state index is 11.4. The van der Waals surface area contributed by atoms with Gasteiger partial charge in [0.25, 0.3) is 0 Å². The van der Waals surface area contributed by atoms with Crippen molar-refractivity contribution >= 4 is 14.3 Å². The summed E-state index contributed by atoms with van der Waals surface area (Å²) in [5.41, 5.74) is -0.451. The van der Waals surface area contributed by atoms with Crippen LogP contribution in [0.25, 0.3) is 0 Å². The summed E-state index contributed by atoms with van der Waals surface area (Å²) >= 11 is 0. The Morgan fingerprint density at radius 3 is 2.00 bits per heavy atom. The van der Waals surface area contributed by atoms with Crippen LogP contribution in [0.5, 0.6) is 0 Å². The van der Waals surface area contributed by atoms with Gasteiger partial charge in [-0.3, -0.25) is 0 Å². The minimum absolute atomic E-state index is 0.349. The van der Waals surface area contributed by atoms with Gasteiger partial charge in [-0.2, -0.15) is 0 Å². The van der Waals surface area contributed by atoms with Gasteiger partial charge >= 0.3 is 5.97 Å². The van der Waals surface area contributed by atoms with E-state index in [9.17, 15) is 4.79 Å². The van der Waals surface area contributed by atoms with Gasteiger partial charge in [0.15, 0.2) is 0 Å². The fourth-order valence-electron chi connectivity index (χ4n) is 1.01. The molecule has 0 atom stereocenters. The van der Waals surface area contributed by atoms with Crippen molar-refractivity contribution in [3.05, 3.63) is 11.8 Å². The van der Waals surface area contributed by atoms with Crippen LogP contribution in [-0.2, 0) is 14.0 Å². The van der Waals surface area contributed by atoms with Crippen molar-refractivity contribution in [1.29, 1.82) is 0 Å². The van der Waals surface area contributed by atoms with Crippen molar-refractivity contribution < 1.29 is 14.0 Å². The molecule has 3 nitrogen and oxygen atoms in total. The Bertz CT molecular complexity index is 256. The minimum Gasteiger partial charge on any atom is -0.547 e. The van der Waals surface area contributed by atoms with Crippen LogP contribution in [0.15, 0.2) is 11.8 Å². The molecule has 0 heterocycles. The second-order valence-corrected chi connectivity index (χ2v) is 9.93. The summed E-state index contributed by atoms with van der Waals surface area (Å²) in [4.78, 5) is 11.4. The number of allylic oxidation sites excluding steroid dienone is 1. The monoisotopic (exact) mass is 230 g/mol. The molecule has 0 amide bonds. The van der Waals surface area contributed by atoms with Crippen LogP contribution in [0.2, 0.25) is 19.6 Å². The molecular formula is C11H22O3Si. The van der Waals surface area contributed by atoms with Gasteiger partial charge in [-0.15, -0.1) is 0 Å². The van der Waals surface area contributed by atoms with E-state index in [0.717, 1.165) is 0 Å². The predicted molar refractivity (Wildman–Crippen MR) is 64.0 cm³/mol. The van der Waals surface area contributed by atoms with E-state index >= 15 is 0 Å². The summed E-state index contributed by atoms with van der Waals surface area (Å²) in [6, 6.07) is 0. The van der Waals surface area contributed by atoms with E-state index in [4.69, 9.17) is 9.16 Å². The van der Waals surface area contributed by atoms with Gasteiger partial charge in [-0.25, -0.2) is 4.79 Å².